The van der Waals surface area contributed by atoms with Crippen LogP contribution in [-0.2, 0) is 13.0 Å². The van der Waals surface area contributed by atoms with Crippen LogP contribution in [0.5, 0.6) is 0 Å². The van der Waals surface area contributed by atoms with E-state index in [1.165, 1.54) is 23.1 Å². The summed E-state index contributed by atoms with van der Waals surface area (Å²) < 4.78 is 0. The monoisotopic (exact) mass is 461 g/mol. The van der Waals surface area contributed by atoms with Crippen LogP contribution in [0, 0.1) is 0 Å². The van der Waals surface area contributed by atoms with Gasteiger partial charge in [-0.15, -0.1) is 0 Å². The molecule has 0 bridgehead atoms. The lowest BCUT2D eigenvalue weighted by atomic mass is 9.90. The third-order valence-corrected chi connectivity index (χ3v) is 7.62. The molecule has 174 valence electrons. The summed E-state index contributed by atoms with van der Waals surface area (Å²) in [5, 5.41) is 2.30. The van der Waals surface area contributed by atoms with Crippen LogP contribution < -0.4 is 0 Å². The van der Waals surface area contributed by atoms with Crippen molar-refractivity contribution < 1.29 is 4.79 Å². The van der Waals surface area contributed by atoms with Gasteiger partial charge in [0.1, 0.15) is 11.3 Å². The van der Waals surface area contributed by atoms with Crippen LogP contribution in [-0.4, -0.2) is 37.8 Å². The number of thioether (sulfide) groups is 1. The van der Waals surface area contributed by atoms with Gasteiger partial charge in [0.2, 0.25) is 0 Å². The molecule has 1 aliphatic carbocycles. The second-order valence-electron chi connectivity index (χ2n) is 8.93. The Hall–Kier alpha value is -2.53. The van der Waals surface area contributed by atoms with E-state index in [1.54, 1.807) is 0 Å². The molecule has 1 aliphatic heterocycles. The largest absolute Gasteiger partial charge is 0.335 e. The first-order chi connectivity index (χ1) is 16.1. The number of hydrogen-bond donors (Lipinski definition) is 1. The topological polar surface area (TPSA) is 49.0 Å². The molecule has 1 amide bonds. The Labute approximate surface area is 201 Å². The minimum atomic E-state index is 0.0557. The maximum absolute atomic E-state index is 13.1. The number of amides is 1. The Morgan fingerprint density at radius 3 is 2.64 bits per heavy atom. The Balaban J connectivity index is 0.00000126. The van der Waals surface area contributed by atoms with Crippen molar-refractivity contribution in [2.75, 3.05) is 6.54 Å². The molecular weight excluding hydrogens is 426 g/mol. The van der Waals surface area contributed by atoms with Crippen molar-refractivity contribution in [2.45, 2.75) is 69.9 Å². The summed E-state index contributed by atoms with van der Waals surface area (Å²) in [4.78, 5) is 23.0. The molecular formula is C28H35N3OS. The summed E-state index contributed by atoms with van der Waals surface area (Å²) in [6.45, 7) is 9.95. The number of carbonyl (C=O) groups is 1. The van der Waals surface area contributed by atoms with Crippen LogP contribution in [0.2, 0.25) is 0 Å². The van der Waals surface area contributed by atoms with Gasteiger partial charge in [-0.25, -0.2) is 4.98 Å². The summed E-state index contributed by atoms with van der Waals surface area (Å²) in [6, 6.07) is 12.6. The van der Waals surface area contributed by atoms with Crippen LogP contribution in [0.15, 0.2) is 54.7 Å². The Morgan fingerprint density at radius 1 is 1.12 bits per heavy atom. The van der Waals surface area contributed by atoms with Crippen molar-refractivity contribution in [3.05, 3.63) is 77.1 Å². The number of carbonyl (C=O) groups excluding carboxylic acids is 1. The van der Waals surface area contributed by atoms with E-state index in [0.29, 0.717) is 28.7 Å². The Morgan fingerprint density at radius 2 is 1.91 bits per heavy atom. The molecule has 0 saturated carbocycles. The van der Waals surface area contributed by atoms with E-state index in [9.17, 15) is 4.79 Å². The molecule has 0 saturated heterocycles. The number of allylic oxidation sites excluding steroid dienone is 1. The Bertz CT molecular complexity index is 1130. The lowest BCUT2D eigenvalue weighted by Gasteiger charge is -2.28. The first-order valence-electron chi connectivity index (χ1n) is 12.3. The Kier molecular flexibility index (Phi) is 7.59. The molecule has 2 unspecified atom stereocenters. The van der Waals surface area contributed by atoms with Crippen LogP contribution in [0.25, 0.3) is 11.0 Å². The molecule has 1 N–H and O–H groups in total. The predicted molar refractivity (Wildman–Crippen MR) is 140 cm³/mol. The summed E-state index contributed by atoms with van der Waals surface area (Å²) in [5.74, 6) is 0.466. The number of benzene rings is 1. The van der Waals surface area contributed by atoms with Gasteiger partial charge in [-0.2, -0.15) is 11.8 Å². The van der Waals surface area contributed by atoms with Gasteiger partial charge >= 0.3 is 0 Å². The highest BCUT2D eigenvalue weighted by molar-refractivity contribution is 8.00. The van der Waals surface area contributed by atoms with Crippen molar-refractivity contribution in [3.63, 3.8) is 0 Å². The second kappa shape index (κ2) is 10.6. The average Bonchev–Trinajstić information content (AvgIpc) is 3.28. The molecule has 3 heterocycles. The lowest BCUT2D eigenvalue weighted by Crippen LogP contribution is -2.36. The molecule has 1 aromatic carbocycles. The summed E-state index contributed by atoms with van der Waals surface area (Å²) in [7, 11) is 0. The number of rotatable bonds is 4. The minimum absolute atomic E-state index is 0.0557. The number of aromatic amines is 1. The van der Waals surface area contributed by atoms with E-state index >= 15 is 0 Å². The standard InChI is InChI=1S/C26H29N3OS.C2H6/c1-17(2)31-23-9-7-19(8-10-23)22-13-21-14-24(28-25(21)27-15-22)26(30)29-12-11-18-5-3-4-6-20(18)16-29;1-2/h3-7,9,13-15,17,19,23H,8,10-12,16H2,1-2H3,(H,27,28);1-2H3. The van der Waals surface area contributed by atoms with Gasteiger partial charge in [0.15, 0.2) is 0 Å². The van der Waals surface area contributed by atoms with Gasteiger partial charge in [-0.3, -0.25) is 4.79 Å². The number of aromatic nitrogens is 2. The fraction of sp³-hybridized carbons (Fsp3) is 0.429. The SMILES string of the molecule is CC.CC(C)SC1C=CC(c2cnc3[nH]c(C(=O)N4CCc5ccccc5C4)cc3c2)CC1. The zero-order valence-corrected chi connectivity index (χ0v) is 21.0. The fourth-order valence-corrected chi connectivity index (χ4v) is 5.88. The highest BCUT2D eigenvalue weighted by Gasteiger charge is 2.24. The molecule has 0 fully saturated rings. The third kappa shape index (κ3) is 5.35. The molecule has 2 atom stereocenters. The van der Waals surface area contributed by atoms with Gasteiger partial charge in [0.05, 0.1) is 0 Å². The van der Waals surface area contributed by atoms with Crippen LogP contribution >= 0.6 is 11.8 Å². The highest BCUT2D eigenvalue weighted by Crippen LogP contribution is 2.34. The van der Waals surface area contributed by atoms with E-state index < -0.39 is 0 Å². The van der Waals surface area contributed by atoms with Crippen molar-refractivity contribution >= 4 is 28.7 Å². The van der Waals surface area contributed by atoms with Gasteiger partial charge < -0.3 is 9.88 Å². The van der Waals surface area contributed by atoms with E-state index in [0.717, 1.165) is 30.4 Å². The predicted octanol–water partition coefficient (Wildman–Crippen LogP) is 6.73. The zero-order chi connectivity index (χ0) is 23.4. The van der Waals surface area contributed by atoms with E-state index in [-0.39, 0.29) is 5.91 Å². The van der Waals surface area contributed by atoms with E-state index in [1.807, 2.05) is 48.8 Å². The molecule has 5 heteroatoms. The molecule has 33 heavy (non-hydrogen) atoms. The normalized spacial score (nSPS) is 19.8. The summed E-state index contributed by atoms with van der Waals surface area (Å²) >= 11 is 2.04. The smallest absolute Gasteiger partial charge is 0.270 e. The van der Waals surface area contributed by atoms with Crippen molar-refractivity contribution in [1.82, 2.24) is 14.9 Å². The van der Waals surface area contributed by atoms with Crippen molar-refractivity contribution in [2.24, 2.45) is 0 Å². The van der Waals surface area contributed by atoms with E-state index in [4.69, 9.17) is 0 Å². The summed E-state index contributed by atoms with van der Waals surface area (Å²) in [6.07, 6.45) is 9.94. The van der Waals surface area contributed by atoms with Crippen molar-refractivity contribution in [3.8, 4) is 0 Å². The van der Waals surface area contributed by atoms with Crippen LogP contribution in [0.3, 0.4) is 0 Å². The van der Waals surface area contributed by atoms with Crippen molar-refractivity contribution in [1.29, 1.82) is 0 Å². The number of nitrogens with one attached hydrogen (secondary N) is 1. The van der Waals surface area contributed by atoms with Gasteiger partial charge in [-0.05, 0) is 53.3 Å². The molecule has 5 rings (SSSR count). The van der Waals surface area contributed by atoms with Gasteiger partial charge in [-0.1, -0.05) is 64.1 Å². The molecule has 3 aromatic rings. The number of hydrogen-bond acceptors (Lipinski definition) is 3. The zero-order valence-electron chi connectivity index (χ0n) is 20.2. The van der Waals surface area contributed by atoms with Crippen LogP contribution in [0.4, 0.5) is 0 Å². The second-order valence-corrected chi connectivity index (χ2v) is 10.7. The van der Waals surface area contributed by atoms with Crippen LogP contribution in [0.1, 0.15) is 73.6 Å². The third-order valence-electron chi connectivity index (χ3n) is 6.33. The molecule has 4 nitrogen and oxygen atoms in total. The molecule has 0 spiro atoms. The quantitative estimate of drug-likeness (QED) is 0.438. The number of H-pyrrole nitrogens is 1. The molecule has 0 radical (unpaired) electrons. The number of pyridine rings is 1. The first-order valence-corrected chi connectivity index (χ1v) is 13.2. The first kappa shape index (κ1) is 23.6. The average molecular weight is 462 g/mol. The maximum Gasteiger partial charge on any atom is 0.270 e. The number of nitrogens with zero attached hydrogens (tertiary/aromatic N) is 2. The summed E-state index contributed by atoms with van der Waals surface area (Å²) in [5.41, 5.74) is 5.26. The lowest BCUT2D eigenvalue weighted by molar-refractivity contribution is 0.0729. The molecule has 2 aliphatic rings. The molecule has 2 aromatic heterocycles. The van der Waals surface area contributed by atoms with Gasteiger partial charge in [0, 0.05) is 35.8 Å². The fourth-order valence-electron chi connectivity index (χ4n) is 4.72. The highest BCUT2D eigenvalue weighted by atomic mass is 32.2. The maximum atomic E-state index is 13.1. The van der Waals surface area contributed by atoms with Gasteiger partial charge in [0.25, 0.3) is 5.91 Å². The number of fused-ring (bicyclic) bond motifs is 2. The minimum Gasteiger partial charge on any atom is -0.335 e. The van der Waals surface area contributed by atoms with E-state index in [2.05, 4.69) is 60.2 Å².